The summed E-state index contributed by atoms with van der Waals surface area (Å²) >= 11 is 7.10. The average molecular weight is 519 g/mol. The summed E-state index contributed by atoms with van der Waals surface area (Å²) in [5.41, 5.74) is 2.27. The SMILES string of the molecule is Cc1ccc(NC(=O)/C(C#N)=C2\S[C@@H](Cc3cccc([N+](=O)[O-])c3)C(=O)N2c2ccc(Cl)cc2)cc1. The predicted octanol–water partition coefficient (Wildman–Crippen LogP) is 5.62. The van der Waals surface area contributed by atoms with E-state index in [1.807, 2.05) is 25.1 Å². The van der Waals surface area contributed by atoms with Crippen LogP contribution < -0.4 is 10.2 Å². The number of amides is 2. The van der Waals surface area contributed by atoms with E-state index in [4.69, 9.17) is 11.6 Å². The van der Waals surface area contributed by atoms with Crippen LogP contribution in [0.25, 0.3) is 0 Å². The summed E-state index contributed by atoms with van der Waals surface area (Å²) in [6.45, 7) is 1.92. The van der Waals surface area contributed by atoms with E-state index in [9.17, 15) is 25.0 Å². The molecule has 0 bridgehead atoms. The molecule has 0 aliphatic carbocycles. The topological polar surface area (TPSA) is 116 Å². The zero-order valence-corrected chi connectivity index (χ0v) is 20.5. The van der Waals surface area contributed by atoms with Gasteiger partial charge in [0.05, 0.1) is 10.2 Å². The zero-order valence-electron chi connectivity index (χ0n) is 19.0. The lowest BCUT2D eigenvalue weighted by Gasteiger charge is -2.19. The minimum atomic E-state index is -0.701. The first kappa shape index (κ1) is 25.0. The summed E-state index contributed by atoms with van der Waals surface area (Å²) in [7, 11) is 0. The summed E-state index contributed by atoms with van der Waals surface area (Å²) in [5, 5.41) is 23.8. The quantitative estimate of drug-likeness (QED) is 0.196. The summed E-state index contributed by atoms with van der Waals surface area (Å²) in [5.74, 6) is -0.994. The molecule has 0 saturated carbocycles. The molecule has 1 saturated heterocycles. The number of carbonyl (C=O) groups excluding carboxylic acids is 2. The highest BCUT2D eigenvalue weighted by Gasteiger charge is 2.41. The Hall–Kier alpha value is -4.13. The van der Waals surface area contributed by atoms with Crippen LogP contribution in [0.1, 0.15) is 11.1 Å². The number of anilines is 2. The fraction of sp³-hybridized carbons (Fsp3) is 0.115. The molecule has 180 valence electrons. The summed E-state index contributed by atoms with van der Waals surface area (Å²) < 4.78 is 0. The van der Waals surface area contributed by atoms with Gasteiger partial charge in [-0.25, -0.2) is 0 Å². The number of hydrogen-bond donors (Lipinski definition) is 1. The second-order valence-corrected chi connectivity index (χ2v) is 9.63. The minimum Gasteiger partial charge on any atom is -0.321 e. The summed E-state index contributed by atoms with van der Waals surface area (Å²) in [4.78, 5) is 38.6. The summed E-state index contributed by atoms with van der Waals surface area (Å²) in [6, 6.07) is 21.6. The van der Waals surface area contributed by atoms with Crippen LogP contribution in [0.3, 0.4) is 0 Å². The van der Waals surface area contributed by atoms with Gasteiger partial charge in [-0.3, -0.25) is 24.6 Å². The molecule has 10 heteroatoms. The van der Waals surface area contributed by atoms with Crippen LogP contribution in [0, 0.1) is 28.4 Å². The van der Waals surface area contributed by atoms with Gasteiger partial charge in [-0.15, -0.1) is 0 Å². The Morgan fingerprint density at radius 1 is 1.17 bits per heavy atom. The van der Waals surface area contributed by atoms with E-state index < -0.39 is 16.1 Å². The van der Waals surface area contributed by atoms with E-state index in [2.05, 4.69) is 5.32 Å². The van der Waals surface area contributed by atoms with Crippen LogP contribution in [-0.2, 0) is 16.0 Å². The van der Waals surface area contributed by atoms with E-state index in [0.29, 0.717) is 22.0 Å². The predicted molar refractivity (Wildman–Crippen MR) is 140 cm³/mol. The van der Waals surface area contributed by atoms with Gasteiger partial charge in [0, 0.05) is 28.5 Å². The Bertz CT molecular complexity index is 1420. The normalized spacial score (nSPS) is 16.4. The van der Waals surface area contributed by atoms with E-state index in [1.54, 1.807) is 48.5 Å². The number of hydrogen-bond acceptors (Lipinski definition) is 6. The van der Waals surface area contributed by atoms with Crippen molar-refractivity contribution in [2.75, 3.05) is 10.2 Å². The standard InChI is InChI=1S/C26H19ClN4O4S/c1-16-5-9-19(10-6-16)29-24(32)22(15-28)26-30(20-11-7-18(27)8-12-20)25(33)23(36-26)14-17-3-2-4-21(13-17)31(34)35/h2-13,23H,14H2,1H3,(H,29,32)/b26-22-/t23-/m0/s1. The zero-order chi connectivity index (χ0) is 25.8. The molecule has 1 aliphatic rings. The molecule has 4 rings (SSSR count). The lowest BCUT2D eigenvalue weighted by atomic mass is 10.1. The molecule has 8 nitrogen and oxygen atoms in total. The molecule has 3 aromatic rings. The van der Waals surface area contributed by atoms with Crippen LogP contribution in [0.4, 0.5) is 17.1 Å². The van der Waals surface area contributed by atoms with Crippen LogP contribution in [0.15, 0.2) is 83.4 Å². The second-order valence-electron chi connectivity index (χ2n) is 8.00. The van der Waals surface area contributed by atoms with Gasteiger partial charge in [-0.2, -0.15) is 5.26 Å². The number of non-ortho nitro benzene ring substituents is 1. The van der Waals surface area contributed by atoms with Gasteiger partial charge in [-0.1, -0.05) is 53.2 Å². The van der Waals surface area contributed by atoms with Crippen molar-refractivity contribution < 1.29 is 14.5 Å². The molecular weight excluding hydrogens is 500 g/mol. The molecule has 1 heterocycles. The first-order valence-corrected chi connectivity index (χ1v) is 12.0. The van der Waals surface area contributed by atoms with Gasteiger partial charge in [0.15, 0.2) is 0 Å². The number of benzene rings is 3. The van der Waals surface area contributed by atoms with Crippen molar-refractivity contribution in [1.82, 2.24) is 0 Å². The highest BCUT2D eigenvalue weighted by atomic mass is 35.5. The first-order valence-electron chi connectivity index (χ1n) is 10.8. The highest BCUT2D eigenvalue weighted by Crippen LogP contribution is 2.42. The molecule has 0 unspecified atom stereocenters. The molecule has 1 atom stereocenters. The van der Waals surface area contributed by atoms with Gasteiger partial charge in [-0.05, 0) is 55.3 Å². The number of nitro groups is 1. The molecule has 3 aromatic carbocycles. The highest BCUT2D eigenvalue weighted by molar-refractivity contribution is 8.05. The Kier molecular flexibility index (Phi) is 7.38. The van der Waals surface area contributed by atoms with Gasteiger partial charge < -0.3 is 5.32 Å². The number of nitrogens with zero attached hydrogens (tertiary/aromatic N) is 3. The van der Waals surface area contributed by atoms with Crippen molar-refractivity contribution >= 4 is 52.2 Å². The largest absolute Gasteiger partial charge is 0.321 e. The van der Waals surface area contributed by atoms with Crippen LogP contribution in [0.5, 0.6) is 0 Å². The fourth-order valence-electron chi connectivity index (χ4n) is 3.65. The number of nitrogens with one attached hydrogen (secondary N) is 1. The molecule has 0 spiro atoms. The van der Waals surface area contributed by atoms with E-state index in [0.717, 1.165) is 17.3 Å². The molecule has 36 heavy (non-hydrogen) atoms. The number of halogens is 1. The Balaban J connectivity index is 1.72. The second kappa shape index (κ2) is 10.6. The Morgan fingerprint density at radius 2 is 1.86 bits per heavy atom. The first-order chi connectivity index (χ1) is 17.3. The van der Waals surface area contributed by atoms with Gasteiger partial charge in [0.25, 0.3) is 11.6 Å². The minimum absolute atomic E-state index is 0.0801. The number of nitriles is 1. The average Bonchev–Trinajstić information content (AvgIpc) is 3.17. The molecule has 1 N–H and O–H groups in total. The van der Waals surface area contributed by atoms with Crippen molar-refractivity contribution in [3.63, 3.8) is 0 Å². The lowest BCUT2D eigenvalue weighted by Crippen LogP contribution is -2.30. The number of nitro benzene ring substituents is 1. The third-order valence-corrected chi connectivity index (χ3v) is 6.96. The molecule has 0 aromatic heterocycles. The van der Waals surface area contributed by atoms with Crippen LogP contribution in [-0.4, -0.2) is 22.0 Å². The van der Waals surface area contributed by atoms with Crippen molar-refractivity contribution in [3.05, 3.63) is 110 Å². The van der Waals surface area contributed by atoms with Gasteiger partial charge in [0.1, 0.15) is 16.7 Å². The smallest absolute Gasteiger partial charge is 0.269 e. The van der Waals surface area contributed by atoms with Gasteiger partial charge >= 0.3 is 0 Å². The maximum Gasteiger partial charge on any atom is 0.269 e. The van der Waals surface area contributed by atoms with E-state index in [-0.39, 0.29) is 28.6 Å². The van der Waals surface area contributed by atoms with Crippen LogP contribution in [0.2, 0.25) is 5.02 Å². The molecule has 0 radical (unpaired) electrons. The van der Waals surface area contributed by atoms with Crippen molar-refractivity contribution in [2.45, 2.75) is 18.6 Å². The Morgan fingerprint density at radius 3 is 2.50 bits per heavy atom. The van der Waals surface area contributed by atoms with E-state index >= 15 is 0 Å². The fourth-order valence-corrected chi connectivity index (χ4v) is 5.09. The number of carbonyl (C=O) groups is 2. The van der Waals surface area contributed by atoms with Crippen molar-refractivity contribution in [1.29, 1.82) is 5.26 Å². The molecule has 1 fully saturated rings. The maximum atomic E-state index is 13.5. The Labute approximate surface area is 216 Å². The third-order valence-electron chi connectivity index (χ3n) is 5.44. The third kappa shape index (κ3) is 5.40. The number of rotatable bonds is 6. The van der Waals surface area contributed by atoms with Crippen molar-refractivity contribution in [2.24, 2.45) is 0 Å². The van der Waals surface area contributed by atoms with E-state index in [1.165, 1.54) is 17.0 Å². The molecule has 1 aliphatic heterocycles. The summed E-state index contributed by atoms with van der Waals surface area (Å²) in [6.07, 6.45) is 0.178. The number of aryl methyl sites for hydroxylation is 1. The number of thioether (sulfide) groups is 1. The van der Waals surface area contributed by atoms with Crippen molar-refractivity contribution in [3.8, 4) is 6.07 Å². The lowest BCUT2D eigenvalue weighted by molar-refractivity contribution is -0.384. The maximum absolute atomic E-state index is 13.5. The molecule has 2 amide bonds. The monoisotopic (exact) mass is 518 g/mol. The molecular formula is C26H19ClN4O4S. The van der Waals surface area contributed by atoms with Gasteiger partial charge in [0.2, 0.25) is 5.91 Å². The van der Waals surface area contributed by atoms with Crippen LogP contribution >= 0.6 is 23.4 Å².